The second kappa shape index (κ2) is 12.4. The zero-order valence-electron chi connectivity index (χ0n) is 21.0. The third-order valence-electron chi connectivity index (χ3n) is 7.05. The van der Waals surface area contributed by atoms with Crippen molar-refractivity contribution in [2.24, 2.45) is 0 Å². The van der Waals surface area contributed by atoms with E-state index in [1.165, 1.54) is 0 Å². The van der Waals surface area contributed by atoms with E-state index in [1.54, 1.807) is 6.07 Å². The van der Waals surface area contributed by atoms with Crippen molar-refractivity contribution < 1.29 is 28.8 Å². The second-order valence-corrected chi connectivity index (χ2v) is 9.80. The Morgan fingerprint density at radius 3 is 2.35 bits per heavy atom. The molecule has 0 saturated carbocycles. The number of aliphatic hydroxyl groups excluding tert-OH is 1. The summed E-state index contributed by atoms with van der Waals surface area (Å²) in [6.07, 6.45) is 1.60. The Bertz CT molecular complexity index is 1150. The molecule has 0 aliphatic carbocycles. The zero-order valence-corrected chi connectivity index (χ0v) is 21.0. The van der Waals surface area contributed by atoms with E-state index >= 15 is 0 Å². The van der Waals surface area contributed by atoms with Crippen molar-refractivity contribution in [2.45, 2.75) is 69.7 Å². The predicted molar refractivity (Wildman–Crippen MR) is 139 cm³/mol. The summed E-state index contributed by atoms with van der Waals surface area (Å²) < 4.78 is 24.4. The lowest BCUT2D eigenvalue weighted by atomic mass is 9.91. The van der Waals surface area contributed by atoms with Crippen LogP contribution in [0.5, 0.6) is 5.75 Å². The molecule has 2 aliphatic rings. The van der Waals surface area contributed by atoms with Crippen LogP contribution in [0.3, 0.4) is 0 Å². The Morgan fingerprint density at radius 1 is 0.865 bits per heavy atom. The van der Waals surface area contributed by atoms with E-state index in [2.05, 4.69) is 0 Å². The Morgan fingerprint density at radius 2 is 1.59 bits per heavy atom. The molecule has 0 aromatic heterocycles. The van der Waals surface area contributed by atoms with Gasteiger partial charge in [-0.1, -0.05) is 72.8 Å². The van der Waals surface area contributed by atoms with Crippen LogP contribution in [0.2, 0.25) is 0 Å². The minimum Gasteiger partial charge on any atom is -0.488 e. The van der Waals surface area contributed by atoms with Crippen molar-refractivity contribution in [3.63, 3.8) is 0 Å². The van der Waals surface area contributed by atoms with Crippen molar-refractivity contribution in [2.75, 3.05) is 6.61 Å². The van der Waals surface area contributed by atoms with Crippen molar-refractivity contribution in [1.29, 1.82) is 0 Å². The van der Waals surface area contributed by atoms with Gasteiger partial charge in [-0.3, -0.25) is 0 Å². The second-order valence-electron chi connectivity index (χ2n) is 9.80. The van der Waals surface area contributed by atoms with Crippen LogP contribution >= 0.6 is 0 Å². The van der Waals surface area contributed by atoms with Gasteiger partial charge in [0.1, 0.15) is 24.0 Å². The Hall–Kier alpha value is -3.19. The molecule has 4 atom stereocenters. The number of fused-ring (bicyclic) bond motifs is 3. The van der Waals surface area contributed by atoms with Crippen LogP contribution in [0.15, 0.2) is 78.9 Å². The van der Waals surface area contributed by atoms with Crippen LogP contribution in [0.1, 0.15) is 52.7 Å². The maximum absolute atomic E-state index is 13.6. The summed E-state index contributed by atoms with van der Waals surface area (Å²) in [6, 6.07) is 25.4. The summed E-state index contributed by atoms with van der Waals surface area (Å²) >= 11 is 0. The van der Waals surface area contributed by atoms with Gasteiger partial charge in [-0.05, 0) is 35.6 Å². The van der Waals surface area contributed by atoms with E-state index in [0.717, 1.165) is 23.1 Å². The average molecular weight is 503 g/mol. The molecule has 3 aromatic rings. The maximum atomic E-state index is 13.6. The van der Waals surface area contributed by atoms with E-state index in [-0.39, 0.29) is 18.3 Å². The van der Waals surface area contributed by atoms with Gasteiger partial charge < -0.3 is 24.1 Å². The molecule has 5 rings (SSSR count). The number of hydrogen-bond donors (Lipinski definition) is 1. The summed E-state index contributed by atoms with van der Waals surface area (Å²) in [6.45, 7) is 1.31. The number of aliphatic hydroxyl groups is 1. The molecular formula is C31H34O6. The van der Waals surface area contributed by atoms with Crippen LogP contribution in [-0.2, 0) is 33.8 Å². The lowest BCUT2D eigenvalue weighted by Gasteiger charge is -2.37. The third-order valence-corrected chi connectivity index (χ3v) is 7.05. The van der Waals surface area contributed by atoms with Gasteiger partial charge >= 0.3 is 5.97 Å². The number of ether oxygens (including phenoxy) is 4. The SMILES string of the molecule is O=C1O[C@@H](CCOCc2ccccc2)C[C@H]2CC[C@@H](O)[C@H](Cc3cccc(OCc4ccccc4)c31)O2. The molecule has 1 saturated heterocycles. The molecule has 6 heteroatoms. The van der Waals surface area contributed by atoms with Crippen molar-refractivity contribution in [3.05, 3.63) is 101 Å². The highest BCUT2D eigenvalue weighted by Crippen LogP contribution is 2.33. The average Bonchev–Trinajstić information content (AvgIpc) is 2.92. The monoisotopic (exact) mass is 502 g/mol. The Labute approximate surface area is 218 Å². The minimum absolute atomic E-state index is 0.0700. The highest BCUT2D eigenvalue weighted by molar-refractivity contribution is 5.94. The van der Waals surface area contributed by atoms with Gasteiger partial charge in [0, 0.05) is 19.3 Å². The van der Waals surface area contributed by atoms with Gasteiger partial charge in [0.2, 0.25) is 0 Å². The van der Waals surface area contributed by atoms with Gasteiger partial charge in [0.15, 0.2) is 0 Å². The summed E-state index contributed by atoms with van der Waals surface area (Å²) in [5, 5.41) is 10.7. The number of hydrogen-bond acceptors (Lipinski definition) is 6. The molecule has 0 unspecified atom stereocenters. The normalized spacial score (nSPS) is 23.5. The standard InChI is InChI=1S/C31H34O6/c32-27-15-14-25-19-26(16-17-34-20-22-8-3-1-4-9-22)37-31(33)30-24(18-29(27)36-25)12-7-13-28(30)35-21-23-10-5-2-6-11-23/h1-13,25-27,29,32H,14-21H2/t25-,26+,27-,29+/m1/s1. The van der Waals surface area contributed by atoms with Gasteiger partial charge in [0.25, 0.3) is 0 Å². The van der Waals surface area contributed by atoms with Crippen LogP contribution in [0.4, 0.5) is 0 Å². The molecule has 0 radical (unpaired) electrons. The third kappa shape index (κ3) is 6.77. The van der Waals surface area contributed by atoms with Crippen LogP contribution < -0.4 is 4.74 Å². The van der Waals surface area contributed by atoms with Gasteiger partial charge in [-0.2, -0.15) is 0 Å². The first-order valence-corrected chi connectivity index (χ1v) is 13.1. The highest BCUT2D eigenvalue weighted by atomic mass is 16.6. The Balaban J connectivity index is 1.34. The molecule has 2 aliphatic heterocycles. The number of benzene rings is 3. The van der Waals surface area contributed by atoms with Gasteiger partial charge in [0.05, 0.1) is 31.5 Å². The number of rotatable bonds is 8. The van der Waals surface area contributed by atoms with Gasteiger partial charge in [-0.25, -0.2) is 4.79 Å². The fraction of sp³-hybridized carbons (Fsp3) is 0.387. The molecule has 37 heavy (non-hydrogen) atoms. The topological polar surface area (TPSA) is 74.2 Å². The van der Waals surface area contributed by atoms with Crippen molar-refractivity contribution in [3.8, 4) is 5.75 Å². The Kier molecular flexibility index (Phi) is 8.51. The summed E-state index contributed by atoms with van der Waals surface area (Å²) in [5.41, 5.74) is 3.29. The molecule has 194 valence electrons. The first-order valence-electron chi connectivity index (χ1n) is 13.1. The van der Waals surface area contributed by atoms with Crippen LogP contribution in [-0.4, -0.2) is 42.1 Å². The van der Waals surface area contributed by atoms with Crippen molar-refractivity contribution in [1.82, 2.24) is 0 Å². The maximum Gasteiger partial charge on any atom is 0.342 e. The lowest BCUT2D eigenvalue weighted by molar-refractivity contribution is -0.129. The van der Waals surface area contributed by atoms with E-state index < -0.39 is 12.1 Å². The molecule has 1 N–H and O–H groups in total. The molecule has 2 bridgehead atoms. The number of esters is 1. The minimum atomic E-state index is -0.568. The molecule has 0 amide bonds. The van der Waals surface area contributed by atoms with Gasteiger partial charge in [-0.15, -0.1) is 0 Å². The molecule has 0 spiro atoms. The van der Waals surface area contributed by atoms with E-state index in [0.29, 0.717) is 56.8 Å². The van der Waals surface area contributed by atoms with Crippen LogP contribution in [0, 0.1) is 0 Å². The first-order chi connectivity index (χ1) is 18.2. The summed E-state index contributed by atoms with van der Waals surface area (Å²) in [7, 11) is 0. The fourth-order valence-electron chi connectivity index (χ4n) is 5.06. The fourth-order valence-corrected chi connectivity index (χ4v) is 5.06. The lowest BCUT2D eigenvalue weighted by Crippen LogP contribution is -2.43. The molecule has 1 fully saturated rings. The summed E-state index contributed by atoms with van der Waals surface area (Å²) in [5.74, 6) is 0.0778. The number of cyclic esters (lactones) is 1. The smallest absolute Gasteiger partial charge is 0.342 e. The summed E-state index contributed by atoms with van der Waals surface area (Å²) in [4.78, 5) is 13.6. The van der Waals surface area contributed by atoms with E-state index in [1.807, 2.05) is 72.8 Å². The van der Waals surface area contributed by atoms with E-state index in [4.69, 9.17) is 18.9 Å². The largest absolute Gasteiger partial charge is 0.488 e. The number of carbonyl (C=O) groups is 1. The van der Waals surface area contributed by atoms with E-state index in [9.17, 15) is 9.90 Å². The molecule has 3 aromatic carbocycles. The molecule has 6 nitrogen and oxygen atoms in total. The van der Waals surface area contributed by atoms with Crippen LogP contribution in [0.25, 0.3) is 0 Å². The number of carbonyl (C=O) groups excluding carboxylic acids is 1. The quantitative estimate of drug-likeness (QED) is 0.335. The molecule has 2 heterocycles. The highest BCUT2D eigenvalue weighted by Gasteiger charge is 2.35. The molecular weight excluding hydrogens is 468 g/mol. The predicted octanol–water partition coefficient (Wildman–Crippen LogP) is 5.25. The van der Waals surface area contributed by atoms with Crippen molar-refractivity contribution >= 4 is 5.97 Å². The first kappa shape index (κ1) is 25.5. The zero-order chi connectivity index (χ0) is 25.5.